The van der Waals surface area contributed by atoms with Gasteiger partial charge in [-0.3, -0.25) is 14.4 Å². The smallest absolute Gasteiger partial charge is 0.321 e. The highest BCUT2D eigenvalue weighted by Gasteiger charge is 2.32. The molecular formula is C14H17NO5. The molecule has 0 atom stereocenters. The molecule has 1 amide bonds. The first-order valence-electron chi connectivity index (χ1n) is 6.00. The number of amides is 1. The minimum absolute atomic E-state index is 0.126. The van der Waals surface area contributed by atoms with Crippen LogP contribution in [-0.2, 0) is 23.9 Å². The third-order valence-electron chi connectivity index (χ3n) is 2.78. The average Bonchev–Trinajstić information content (AvgIpc) is 2.47. The number of carbonyl (C=O) groups excluding carboxylic acids is 3. The van der Waals surface area contributed by atoms with Gasteiger partial charge >= 0.3 is 11.9 Å². The summed E-state index contributed by atoms with van der Waals surface area (Å²) in [5, 5.41) is 0. The van der Waals surface area contributed by atoms with Crippen molar-refractivity contribution in [2.75, 3.05) is 25.7 Å². The van der Waals surface area contributed by atoms with Crippen LogP contribution < -0.4 is 4.90 Å². The highest BCUT2D eigenvalue weighted by Crippen LogP contribution is 2.16. The molecule has 0 aliphatic carbocycles. The van der Waals surface area contributed by atoms with E-state index in [2.05, 4.69) is 9.47 Å². The van der Waals surface area contributed by atoms with Crippen molar-refractivity contribution >= 4 is 23.5 Å². The molecule has 108 valence electrons. The van der Waals surface area contributed by atoms with Crippen molar-refractivity contribution in [2.24, 2.45) is 5.92 Å². The van der Waals surface area contributed by atoms with E-state index >= 15 is 0 Å². The van der Waals surface area contributed by atoms with Crippen LogP contribution in [0.5, 0.6) is 0 Å². The lowest BCUT2D eigenvalue weighted by molar-refractivity contribution is -0.158. The number of esters is 2. The number of rotatable bonds is 5. The quantitative estimate of drug-likeness (QED) is 0.594. The first kappa shape index (κ1) is 15.7. The van der Waals surface area contributed by atoms with Gasteiger partial charge in [0.15, 0.2) is 5.92 Å². The SMILES string of the molecule is COC(=O)C(CN(C(C)=O)c1ccccc1)C(=O)OC. The number of carbonyl (C=O) groups is 3. The monoisotopic (exact) mass is 279 g/mol. The Morgan fingerprint density at radius 2 is 1.55 bits per heavy atom. The van der Waals surface area contributed by atoms with E-state index in [0.717, 1.165) is 0 Å². The number of nitrogens with zero attached hydrogens (tertiary/aromatic N) is 1. The second-order valence-corrected chi connectivity index (χ2v) is 4.06. The van der Waals surface area contributed by atoms with Crippen molar-refractivity contribution in [1.82, 2.24) is 0 Å². The fourth-order valence-corrected chi connectivity index (χ4v) is 1.74. The number of hydrogen-bond acceptors (Lipinski definition) is 5. The lowest BCUT2D eigenvalue weighted by Gasteiger charge is -2.24. The first-order valence-corrected chi connectivity index (χ1v) is 6.00. The molecule has 0 N–H and O–H groups in total. The van der Waals surface area contributed by atoms with Crippen molar-refractivity contribution in [3.63, 3.8) is 0 Å². The molecule has 1 aromatic rings. The van der Waals surface area contributed by atoms with Gasteiger partial charge in [-0.1, -0.05) is 18.2 Å². The van der Waals surface area contributed by atoms with Crippen LogP contribution in [0, 0.1) is 5.92 Å². The molecule has 0 spiro atoms. The van der Waals surface area contributed by atoms with E-state index in [4.69, 9.17) is 0 Å². The molecule has 0 fully saturated rings. The maximum absolute atomic E-state index is 11.7. The van der Waals surface area contributed by atoms with Crippen LogP contribution >= 0.6 is 0 Å². The van der Waals surface area contributed by atoms with Crippen LogP contribution in [0.4, 0.5) is 5.69 Å². The van der Waals surface area contributed by atoms with Crippen LogP contribution in [0.1, 0.15) is 6.92 Å². The number of methoxy groups -OCH3 is 2. The fourth-order valence-electron chi connectivity index (χ4n) is 1.74. The summed E-state index contributed by atoms with van der Waals surface area (Å²) < 4.78 is 9.15. The van der Waals surface area contributed by atoms with E-state index in [9.17, 15) is 14.4 Å². The zero-order valence-corrected chi connectivity index (χ0v) is 11.7. The van der Waals surface area contributed by atoms with Crippen molar-refractivity contribution < 1.29 is 23.9 Å². The van der Waals surface area contributed by atoms with Gasteiger partial charge in [0.05, 0.1) is 14.2 Å². The van der Waals surface area contributed by atoms with E-state index in [0.29, 0.717) is 5.69 Å². The third kappa shape index (κ3) is 3.81. The van der Waals surface area contributed by atoms with Crippen LogP contribution in [0.25, 0.3) is 0 Å². The van der Waals surface area contributed by atoms with Gasteiger partial charge in [-0.05, 0) is 12.1 Å². The molecule has 0 radical (unpaired) electrons. The zero-order valence-electron chi connectivity index (χ0n) is 11.7. The molecule has 6 heteroatoms. The Morgan fingerprint density at radius 3 is 1.95 bits per heavy atom. The number of anilines is 1. The largest absolute Gasteiger partial charge is 0.468 e. The van der Waals surface area contributed by atoms with E-state index < -0.39 is 17.9 Å². The van der Waals surface area contributed by atoms with Gasteiger partial charge in [0, 0.05) is 19.2 Å². The van der Waals surface area contributed by atoms with E-state index in [-0.39, 0.29) is 12.5 Å². The van der Waals surface area contributed by atoms with Gasteiger partial charge in [0.2, 0.25) is 5.91 Å². The maximum atomic E-state index is 11.7. The Balaban J connectivity index is 3.01. The molecule has 1 aromatic carbocycles. The summed E-state index contributed by atoms with van der Waals surface area (Å²) in [4.78, 5) is 36.3. The Hall–Kier alpha value is -2.37. The number of benzene rings is 1. The summed E-state index contributed by atoms with van der Waals surface area (Å²) in [5.41, 5.74) is 0.595. The van der Waals surface area contributed by atoms with Crippen LogP contribution in [0.2, 0.25) is 0 Å². The molecule has 0 aliphatic rings. The second kappa shape index (κ2) is 7.28. The van der Waals surface area contributed by atoms with Gasteiger partial charge in [-0.25, -0.2) is 0 Å². The van der Waals surface area contributed by atoms with Crippen molar-refractivity contribution in [3.8, 4) is 0 Å². The molecule has 6 nitrogen and oxygen atoms in total. The summed E-state index contributed by atoms with van der Waals surface area (Å²) in [5.74, 6) is -2.93. The van der Waals surface area contributed by atoms with Crippen LogP contribution in [0.3, 0.4) is 0 Å². The topological polar surface area (TPSA) is 72.9 Å². The standard InChI is InChI=1S/C14H17NO5/c1-10(16)15(11-7-5-4-6-8-11)9-12(13(17)19-2)14(18)20-3/h4-8,12H,9H2,1-3H3. The third-order valence-corrected chi connectivity index (χ3v) is 2.78. The molecule has 20 heavy (non-hydrogen) atoms. The summed E-state index contributed by atoms with van der Waals surface area (Å²) in [6.07, 6.45) is 0. The summed E-state index contributed by atoms with van der Waals surface area (Å²) in [7, 11) is 2.36. The second-order valence-electron chi connectivity index (χ2n) is 4.06. The van der Waals surface area contributed by atoms with Gasteiger partial charge in [0.1, 0.15) is 0 Å². The van der Waals surface area contributed by atoms with Gasteiger partial charge in [-0.15, -0.1) is 0 Å². The normalized spacial score (nSPS) is 10.0. The number of para-hydroxylation sites is 1. The Kier molecular flexibility index (Phi) is 5.71. The van der Waals surface area contributed by atoms with E-state index in [1.165, 1.54) is 26.0 Å². The maximum Gasteiger partial charge on any atom is 0.321 e. The highest BCUT2D eigenvalue weighted by atomic mass is 16.5. The predicted molar refractivity (Wildman–Crippen MR) is 72.0 cm³/mol. The summed E-state index contributed by atoms with van der Waals surface area (Å²) in [6.45, 7) is 1.23. The minimum atomic E-state index is -1.17. The Labute approximate surface area is 117 Å². The highest BCUT2D eigenvalue weighted by molar-refractivity contribution is 5.98. The van der Waals surface area contributed by atoms with E-state index in [1.807, 2.05) is 0 Å². The number of ether oxygens (including phenoxy) is 2. The Morgan fingerprint density at radius 1 is 1.05 bits per heavy atom. The van der Waals surface area contributed by atoms with Crippen molar-refractivity contribution in [1.29, 1.82) is 0 Å². The lowest BCUT2D eigenvalue weighted by Crippen LogP contribution is -2.41. The van der Waals surface area contributed by atoms with E-state index in [1.54, 1.807) is 30.3 Å². The molecule has 0 bridgehead atoms. The molecule has 0 aromatic heterocycles. The van der Waals surface area contributed by atoms with Crippen LogP contribution in [0.15, 0.2) is 30.3 Å². The molecular weight excluding hydrogens is 262 g/mol. The zero-order chi connectivity index (χ0) is 15.1. The lowest BCUT2D eigenvalue weighted by atomic mass is 10.1. The van der Waals surface area contributed by atoms with Crippen molar-refractivity contribution in [3.05, 3.63) is 30.3 Å². The van der Waals surface area contributed by atoms with Crippen LogP contribution in [-0.4, -0.2) is 38.6 Å². The average molecular weight is 279 g/mol. The van der Waals surface area contributed by atoms with Gasteiger partial charge < -0.3 is 14.4 Å². The molecule has 0 aliphatic heterocycles. The van der Waals surface area contributed by atoms with Gasteiger partial charge in [-0.2, -0.15) is 0 Å². The van der Waals surface area contributed by atoms with Gasteiger partial charge in [0.25, 0.3) is 0 Å². The predicted octanol–water partition coefficient (Wildman–Crippen LogP) is 1.00. The minimum Gasteiger partial charge on any atom is -0.468 e. The number of hydrogen-bond donors (Lipinski definition) is 0. The first-order chi connectivity index (χ1) is 9.51. The summed E-state index contributed by atoms with van der Waals surface area (Å²) in [6, 6.07) is 8.76. The fraction of sp³-hybridized carbons (Fsp3) is 0.357. The summed E-state index contributed by atoms with van der Waals surface area (Å²) >= 11 is 0. The molecule has 0 heterocycles. The molecule has 0 saturated heterocycles. The molecule has 0 unspecified atom stereocenters. The van der Waals surface area contributed by atoms with Crippen molar-refractivity contribution in [2.45, 2.75) is 6.92 Å². The molecule has 0 saturated carbocycles. The Bertz CT molecular complexity index is 470. The molecule has 1 rings (SSSR count).